The third-order valence-corrected chi connectivity index (χ3v) is 5.49. The Labute approximate surface area is 199 Å². The summed E-state index contributed by atoms with van der Waals surface area (Å²) in [7, 11) is 0. The van der Waals surface area contributed by atoms with E-state index in [-0.39, 0.29) is 23.3 Å². The number of anilines is 1. The first kappa shape index (κ1) is 23.0. The van der Waals surface area contributed by atoms with E-state index in [0.29, 0.717) is 24.7 Å². The molecule has 0 atom stereocenters. The van der Waals surface area contributed by atoms with Crippen molar-refractivity contribution in [3.8, 4) is 17.6 Å². The second-order valence-corrected chi connectivity index (χ2v) is 9.07. The Bertz CT molecular complexity index is 1340. The summed E-state index contributed by atoms with van der Waals surface area (Å²) in [4.78, 5) is 17.2. The van der Waals surface area contributed by atoms with Gasteiger partial charge in [-0.15, -0.1) is 0 Å². The number of pyridine rings is 1. The summed E-state index contributed by atoms with van der Waals surface area (Å²) in [6, 6.07) is 21.6. The maximum Gasteiger partial charge on any atom is 0.225 e. The van der Waals surface area contributed by atoms with Crippen LogP contribution in [-0.4, -0.2) is 27.3 Å². The first-order valence-electron chi connectivity index (χ1n) is 11.2. The largest absolute Gasteiger partial charge is 0.494 e. The zero-order valence-electron chi connectivity index (χ0n) is 19.6. The lowest BCUT2D eigenvalue weighted by atomic mass is 9.87. The molecule has 1 N–H and O–H groups in total. The summed E-state index contributed by atoms with van der Waals surface area (Å²) in [6.07, 6.45) is 2.22. The predicted octanol–water partition coefficient (Wildman–Crippen LogP) is 5.39. The van der Waals surface area contributed by atoms with Crippen molar-refractivity contribution in [2.45, 2.75) is 39.0 Å². The molecule has 4 rings (SSSR count). The fourth-order valence-corrected chi connectivity index (χ4v) is 3.57. The van der Waals surface area contributed by atoms with Crippen molar-refractivity contribution in [3.05, 3.63) is 78.0 Å². The molecule has 0 saturated carbocycles. The normalized spacial score (nSPS) is 11.2. The predicted molar refractivity (Wildman–Crippen MR) is 132 cm³/mol. The van der Waals surface area contributed by atoms with Crippen molar-refractivity contribution in [3.63, 3.8) is 0 Å². The van der Waals surface area contributed by atoms with Gasteiger partial charge in [0.05, 0.1) is 18.3 Å². The van der Waals surface area contributed by atoms with E-state index in [0.717, 1.165) is 16.7 Å². The smallest absolute Gasteiger partial charge is 0.225 e. The van der Waals surface area contributed by atoms with Crippen LogP contribution in [-0.2, 0) is 10.2 Å². The number of benzene rings is 2. The second kappa shape index (κ2) is 9.75. The van der Waals surface area contributed by atoms with Crippen LogP contribution in [0.1, 0.15) is 44.7 Å². The zero-order chi connectivity index (χ0) is 24.1. The molecular weight excluding hydrogens is 426 g/mol. The fourth-order valence-electron chi connectivity index (χ4n) is 3.57. The van der Waals surface area contributed by atoms with Gasteiger partial charge in [0.1, 0.15) is 17.4 Å². The Kier molecular flexibility index (Phi) is 6.60. The van der Waals surface area contributed by atoms with Gasteiger partial charge in [-0.25, -0.2) is 4.98 Å². The van der Waals surface area contributed by atoms with Gasteiger partial charge < -0.3 is 10.1 Å². The zero-order valence-corrected chi connectivity index (χ0v) is 19.6. The minimum absolute atomic E-state index is 0.0911. The van der Waals surface area contributed by atoms with Crippen molar-refractivity contribution >= 4 is 22.6 Å². The Morgan fingerprint density at radius 3 is 2.59 bits per heavy atom. The molecule has 0 aliphatic carbocycles. The average molecular weight is 454 g/mol. The fraction of sp³-hybridized carbons (Fsp3) is 0.259. The van der Waals surface area contributed by atoms with Crippen molar-refractivity contribution < 1.29 is 9.53 Å². The monoisotopic (exact) mass is 453 g/mol. The van der Waals surface area contributed by atoms with Gasteiger partial charge in [-0.3, -0.25) is 4.79 Å². The molecule has 0 saturated heterocycles. The molecule has 0 aliphatic rings. The van der Waals surface area contributed by atoms with E-state index in [1.54, 1.807) is 0 Å². The molecule has 7 nitrogen and oxygen atoms in total. The highest BCUT2D eigenvalue weighted by Gasteiger charge is 2.16. The average Bonchev–Trinajstić information content (AvgIpc) is 3.23. The molecule has 0 aliphatic heterocycles. The van der Waals surface area contributed by atoms with Gasteiger partial charge in [-0.2, -0.15) is 15.0 Å². The number of aromatic nitrogens is 3. The molecule has 2 aromatic carbocycles. The van der Waals surface area contributed by atoms with Crippen LogP contribution in [0.2, 0.25) is 0 Å². The minimum atomic E-state index is -0.217. The Morgan fingerprint density at radius 2 is 1.85 bits per heavy atom. The van der Waals surface area contributed by atoms with Crippen LogP contribution < -0.4 is 10.1 Å². The molecule has 2 aromatic heterocycles. The molecule has 0 fully saturated rings. The quantitative estimate of drug-likeness (QED) is 0.379. The van der Waals surface area contributed by atoms with E-state index in [2.05, 4.69) is 54.4 Å². The highest BCUT2D eigenvalue weighted by molar-refractivity contribution is 5.91. The SMILES string of the molecule is CC(C)(C)c1ccc(OCCCC(=O)Nc2c(C#N)cnn2-c2ccc3ccccc3n2)cc1. The maximum atomic E-state index is 12.6. The number of hydrogen-bond donors (Lipinski definition) is 1. The summed E-state index contributed by atoms with van der Waals surface area (Å²) in [6.45, 7) is 6.92. The van der Waals surface area contributed by atoms with Gasteiger partial charge in [0.25, 0.3) is 0 Å². The number of carbonyl (C=O) groups excluding carboxylic acids is 1. The van der Waals surface area contributed by atoms with Gasteiger partial charge in [-0.05, 0) is 47.7 Å². The lowest BCUT2D eigenvalue weighted by Gasteiger charge is -2.19. The number of para-hydroxylation sites is 1. The number of fused-ring (bicyclic) bond motifs is 1. The Morgan fingerprint density at radius 1 is 1.09 bits per heavy atom. The molecule has 34 heavy (non-hydrogen) atoms. The van der Waals surface area contributed by atoms with Crippen LogP contribution in [0.25, 0.3) is 16.7 Å². The number of carbonyl (C=O) groups is 1. The van der Waals surface area contributed by atoms with Crippen molar-refractivity contribution in [1.82, 2.24) is 14.8 Å². The van der Waals surface area contributed by atoms with Crippen LogP contribution in [0, 0.1) is 11.3 Å². The van der Waals surface area contributed by atoms with Crippen LogP contribution in [0.5, 0.6) is 5.75 Å². The minimum Gasteiger partial charge on any atom is -0.494 e. The lowest BCUT2D eigenvalue weighted by Crippen LogP contribution is -2.17. The molecule has 7 heteroatoms. The molecule has 0 unspecified atom stereocenters. The van der Waals surface area contributed by atoms with E-state index >= 15 is 0 Å². The molecule has 4 aromatic rings. The first-order chi connectivity index (χ1) is 16.3. The number of ether oxygens (including phenoxy) is 1. The van der Waals surface area contributed by atoms with E-state index in [9.17, 15) is 10.1 Å². The standard InChI is InChI=1S/C27H27N5O2/c1-27(2,3)21-11-13-22(14-12-21)34-16-6-9-25(33)31-26-20(17-28)18-29-32(26)24-15-10-19-7-4-5-8-23(19)30-24/h4-5,7-8,10-15,18H,6,9,16H2,1-3H3,(H,31,33). The number of nitrogens with zero attached hydrogens (tertiary/aromatic N) is 4. The van der Waals surface area contributed by atoms with Crippen molar-refractivity contribution in [1.29, 1.82) is 5.26 Å². The number of nitrogens with one attached hydrogen (secondary N) is 1. The van der Waals surface area contributed by atoms with Gasteiger partial charge >= 0.3 is 0 Å². The first-order valence-corrected chi connectivity index (χ1v) is 11.2. The molecule has 0 bridgehead atoms. The molecule has 1 amide bonds. The van der Waals surface area contributed by atoms with E-state index in [1.807, 2.05) is 48.5 Å². The van der Waals surface area contributed by atoms with Crippen molar-refractivity contribution in [2.75, 3.05) is 11.9 Å². The summed E-state index contributed by atoms with van der Waals surface area (Å²) < 4.78 is 7.26. The third kappa shape index (κ3) is 5.24. The van der Waals surface area contributed by atoms with Crippen LogP contribution in [0.4, 0.5) is 5.82 Å². The van der Waals surface area contributed by atoms with Gasteiger partial charge in [0, 0.05) is 11.8 Å². The lowest BCUT2D eigenvalue weighted by molar-refractivity contribution is -0.116. The molecule has 0 spiro atoms. The number of amides is 1. The molecular formula is C27H27N5O2. The Balaban J connectivity index is 1.37. The number of hydrogen-bond acceptors (Lipinski definition) is 5. The van der Waals surface area contributed by atoms with Crippen LogP contribution in [0.3, 0.4) is 0 Å². The van der Waals surface area contributed by atoms with Crippen molar-refractivity contribution in [2.24, 2.45) is 0 Å². The van der Waals surface area contributed by atoms with Gasteiger partial charge in [0.2, 0.25) is 5.91 Å². The highest BCUT2D eigenvalue weighted by Crippen LogP contribution is 2.24. The van der Waals surface area contributed by atoms with E-state index in [4.69, 9.17) is 4.74 Å². The summed E-state index contributed by atoms with van der Waals surface area (Å²) in [5.74, 6) is 1.40. The van der Waals surface area contributed by atoms with Gasteiger partial charge in [0.15, 0.2) is 11.6 Å². The Hall–Kier alpha value is -4.18. The highest BCUT2D eigenvalue weighted by atomic mass is 16.5. The molecule has 0 radical (unpaired) electrons. The maximum absolute atomic E-state index is 12.6. The summed E-state index contributed by atoms with van der Waals surface area (Å²) in [5.41, 5.74) is 2.41. The number of nitriles is 1. The van der Waals surface area contributed by atoms with Crippen LogP contribution >= 0.6 is 0 Å². The van der Waals surface area contributed by atoms with E-state index < -0.39 is 0 Å². The van der Waals surface area contributed by atoms with Gasteiger partial charge in [-0.1, -0.05) is 51.1 Å². The van der Waals surface area contributed by atoms with Crippen LogP contribution in [0.15, 0.2) is 66.9 Å². The molecule has 172 valence electrons. The molecule has 2 heterocycles. The van der Waals surface area contributed by atoms with E-state index in [1.165, 1.54) is 16.4 Å². The third-order valence-electron chi connectivity index (χ3n) is 5.49. The second-order valence-electron chi connectivity index (χ2n) is 9.07. The summed E-state index contributed by atoms with van der Waals surface area (Å²) >= 11 is 0. The number of rotatable bonds is 7. The summed E-state index contributed by atoms with van der Waals surface area (Å²) in [5, 5.41) is 17.6. The topological polar surface area (TPSA) is 92.8 Å².